The first-order valence-corrected chi connectivity index (χ1v) is 5.96. The fraction of sp³-hybridized carbons (Fsp3) is 0.214. The Hall–Kier alpha value is -2.63. The number of rotatable bonds is 4. The van der Waals surface area contributed by atoms with Crippen LogP contribution in [0.2, 0.25) is 0 Å². The lowest BCUT2D eigenvalue weighted by molar-refractivity contribution is 0.102. The Kier molecular flexibility index (Phi) is 4.14. The van der Waals surface area contributed by atoms with Gasteiger partial charge in [0, 0.05) is 6.07 Å². The highest BCUT2D eigenvalue weighted by atomic mass is 16.5. The van der Waals surface area contributed by atoms with Gasteiger partial charge in [-0.25, -0.2) is 9.97 Å². The molecule has 104 valence electrons. The van der Waals surface area contributed by atoms with Crippen molar-refractivity contribution in [1.82, 2.24) is 9.97 Å². The Bertz CT molecular complexity index is 629. The van der Waals surface area contributed by atoms with Crippen LogP contribution in [0.4, 0.5) is 5.69 Å². The SMILES string of the molecule is COc1cc(C(=O)Nc2cc(C)ccc2OC)ncn1. The monoisotopic (exact) mass is 273 g/mol. The molecule has 0 aliphatic carbocycles. The number of hydrogen-bond donors (Lipinski definition) is 1. The lowest BCUT2D eigenvalue weighted by Gasteiger charge is -2.10. The van der Waals surface area contributed by atoms with Crippen LogP contribution in [0.5, 0.6) is 11.6 Å². The summed E-state index contributed by atoms with van der Waals surface area (Å²) in [5, 5.41) is 2.76. The molecule has 1 amide bonds. The van der Waals surface area contributed by atoms with Crippen LogP contribution in [0.15, 0.2) is 30.6 Å². The Balaban J connectivity index is 2.25. The first-order valence-electron chi connectivity index (χ1n) is 5.96. The number of amides is 1. The molecule has 2 rings (SSSR count). The van der Waals surface area contributed by atoms with Crippen molar-refractivity contribution < 1.29 is 14.3 Å². The number of aromatic nitrogens is 2. The minimum absolute atomic E-state index is 0.223. The summed E-state index contributed by atoms with van der Waals surface area (Å²) in [7, 11) is 3.03. The molecule has 1 N–H and O–H groups in total. The van der Waals surface area contributed by atoms with Crippen molar-refractivity contribution >= 4 is 11.6 Å². The van der Waals surface area contributed by atoms with E-state index in [0.29, 0.717) is 17.3 Å². The molecule has 0 aliphatic heterocycles. The number of aryl methyl sites for hydroxylation is 1. The second-order valence-electron chi connectivity index (χ2n) is 4.10. The topological polar surface area (TPSA) is 73.3 Å². The van der Waals surface area contributed by atoms with Crippen molar-refractivity contribution in [3.05, 3.63) is 41.9 Å². The minimum atomic E-state index is -0.352. The molecule has 0 aliphatic rings. The summed E-state index contributed by atoms with van der Waals surface area (Å²) in [6, 6.07) is 7.00. The van der Waals surface area contributed by atoms with Crippen LogP contribution in [-0.2, 0) is 0 Å². The lowest BCUT2D eigenvalue weighted by Crippen LogP contribution is -2.14. The van der Waals surface area contributed by atoms with Crippen LogP contribution < -0.4 is 14.8 Å². The molecular weight excluding hydrogens is 258 g/mol. The zero-order valence-electron chi connectivity index (χ0n) is 11.5. The zero-order chi connectivity index (χ0) is 14.5. The lowest BCUT2D eigenvalue weighted by atomic mass is 10.2. The third kappa shape index (κ3) is 3.03. The summed E-state index contributed by atoms with van der Waals surface area (Å²) < 4.78 is 10.2. The van der Waals surface area contributed by atoms with Gasteiger partial charge in [-0.1, -0.05) is 6.07 Å². The largest absolute Gasteiger partial charge is 0.495 e. The van der Waals surface area contributed by atoms with Gasteiger partial charge < -0.3 is 14.8 Å². The molecule has 0 fully saturated rings. The van der Waals surface area contributed by atoms with Crippen molar-refractivity contribution in [2.75, 3.05) is 19.5 Å². The van der Waals surface area contributed by atoms with E-state index in [9.17, 15) is 4.79 Å². The second-order valence-corrected chi connectivity index (χ2v) is 4.10. The molecular formula is C14H15N3O3. The summed E-state index contributed by atoms with van der Waals surface area (Å²) >= 11 is 0. The number of ether oxygens (including phenoxy) is 2. The van der Waals surface area contributed by atoms with E-state index in [2.05, 4.69) is 15.3 Å². The number of methoxy groups -OCH3 is 2. The molecule has 0 atom stereocenters. The summed E-state index contributed by atoms with van der Waals surface area (Å²) in [6.45, 7) is 1.93. The third-order valence-electron chi connectivity index (χ3n) is 2.69. The average Bonchev–Trinajstić information content (AvgIpc) is 2.47. The Morgan fingerprint density at radius 2 is 1.95 bits per heavy atom. The van der Waals surface area contributed by atoms with Crippen LogP contribution in [0.1, 0.15) is 16.1 Å². The highest BCUT2D eigenvalue weighted by Gasteiger charge is 2.12. The van der Waals surface area contributed by atoms with E-state index in [-0.39, 0.29) is 11.6 Å². The van der Waals surface area contributed by atoms with Gasteiger partial charge in [-0.3, -0.25) is 4.79 Å². The van der Waals surface area contributed by atoms with E-state index in [1.807, 2.05) is 19.1 Å². The van der Waals surface area contributed by atoms with Gasteiger partial charge in [-0.2, -0.15) is 0 Å². The van der Waals surface area contributed by atoms with Gasteiger partial charge in [-0.15, -0.1) is 0 Å². The minimum Gasteiger partial charge on any atom is -0.495 e. The number of anilines is 1. The zero-order valence-corrected chi connectivity index (χ0v) is 11.5. The first kappa shape index (κ1) is 13.8. The standard InChI is InChI=1S/C14H15N3O3/c1-9-4-5-12(19-2)10(6-9)17-14(18)11-7-13(20-3)16-8-15-11/h4-8H,1-3H3,(H,17,18). The van der Waals surface area contributed by atoms with Gasteiger partial charge in [0.25, 0.3) is 5.91 Å². The molecule has 1 aromatic heterocycles. The maximum atomic E-state index is 12.1. The Morgan fingerprint density at radius 3 is 2.65 bits per heavy atom. The van der Waals surface area contributed by atoms with Gasteiger partial charge in [0.15, 0.2) is 0 Å². The Morgan fingerprint density at radius 1 is 1.15 bits per heavy atom. The number of benzene rings is 1. The number of carbonyl (C=O) groups excluding carboxylic acids is 1. The molecule has 6 nitrogen and oxygen atoms in total. The van der Waals surface area contributed by atoms with Crippen LogP contribution in [0.3, 0.4) is 0 Å². The van der Waals surface area contributed by atoms with E-state index in [4.69, 9.17) is 9.47 Å². The van der Waals surface area contributed by atoms with E-state index >= 15 is 0 Å². The molecule has 20 heavy (non-hydrogen) atoms. The summed E-state index contributed by atoms with van der Waals surface area (Å²) in [4.78, 5) is 19.9. The van der Waals surface area contributed by atoms with E-state index in [0.717, 1.165) is 5.56 Å². The first-order chi connectivity index (χ1) is 9.63. The van der Waals surface area contributed by atoms with E-state index < -0.39 is 0 Å². The van der Waals surface area contributed by atoms with Crippen LogP contribution >= 0.6 is 0 Å². The summed E-state index contributed by atoms with van der Waals surface area (Å²) in [6.07, 6.45) is 1.28. The molecule has 1 heterocycles. The van der Waals surface area contributed by atoms with Crippen molar-refractivity contribution in [2.45, 2.75) is 6.92 Å². The van der Waals surface area contributed by atoms with Gasteiger partial charge in [0.2, 0.25) is 5.88 Å². The maximum Gasteiger partial charge on any atom is 0.274 e. The highest BCUT2D eigenvalue weighted by Crippen LogP contribution is 2.25. The van der Waals surface area contributed by atoms with Crippen molar-refractivity contribution in [3.8, 4) is 11.6 Å². The summed E-state index contributed by atoms with van der Waals surface area (Å²) in [5.41, 5.74) is 1.83. The molecule has 0 unspecified atom stereocenters. The van der Waals surface area contributed by atoms with Crippen LogP contribution in [0.25, 0.3) is 0 Å². The van der Waals surface area contributed by atoms with Crippen molar-refractivity contribution in [3.63, 3.8) is 0 Å². The molecule has 0 radical (unpaired) electrons. The fourth-order valence-electron chi connectivity index (χ4n) is 1.68. The quantitative estimate of drug-likeness (QED) is 0.923. The number of nitrogens with one attached hydrogen (secondary N) is 1. The van der Waals surface area contributed by atoms with Gasteiger partial charge >= 0.3 is 0 Å². The highest BCUT2D eigenvalue weighted by molar-refractivity contribution is 6.03. The molecule has 2 aromatic rings. The molecule has 0 bridgehead atoms. The number of nitrogens with zero attached hydrogens (tertiary/aromatic N) is 2. The molecule has 0 saturated heterocycles. The van der Waals surface area contributed by atoms with Gasteiger partial charge in [0.05, 0.1) is 19.9 Å². The third-order valence-corrected chi connectivity index (χ3v) is 2.69. The Labute approximate surface area is 116 Å². The molecule has 0 saturated carbocycles. The van der Waals surface area contributed by atoms with Crippen molar-refractivity contribution in [1.29, 1.82) is 0 Å². The predicted molar refractivity (Wildman–Crippen MR) is 74.3 cm³/mol. The fourth-order valence-corrected chi connectivity index (χ4v) is 1.68. The number of carbonyl (C=O) groups is 1. The molecule has 1 aromatic carbocycles. The normalized spacial score (nSPS) is 9.95. The van der Waals surface area contributed by atoms with E-state index in [1.165, 1.54) is 19.5 Å². The van der Waals surface area contributed by atoms with Crippen LogP contribution in [-0.4, -0.2) is 30.1 Å². The van der Waals surface area contributed by atoms with Gasteiger partial charge in [-0.05, 0) is 24.6 Å². The second kappa shape index (κ2) is 6.01. The smallest absolute Gasteiger partial charge is 0.274 e. The van der Waals surface area contributed by atoms with E-state index in [1.54, 1.807) is 13.2 Å². The predicted octanol–water partition coefficient (Wildman–Crippen LogP) is 2.05. The van der Waals surface area contributed by atoms with Gasteiger partial charge in [0.1, 0.15) is 17.8 Å². The average molecular weight is 273 g/mol. The maximum absolute atomic E-state index is 12.1. The number of hydrogen-bond acceptors (Lipinski definition) is 5. The van der Waals surface area contributed by atoms with Crippen molar-refractivity contribution in [2.24, 2.45) is 0 Å². The van der Waals surface area contributed by atoms with Crippen LogP contribution in [0, 0.1) is 6.92 Å². The molecule has 0 spiro atoms. The summed E-state index contributed by atoms with van der Waals surface area (Å²) in [5.74, 6) is 0.570. The molecule has 6 heteroatoms.